The Morgan fingerprint density at radius 2 is 2.05 bits per heavy atom. The molecule has 1 aromatic carbocycles. The van der Waals surface area contributed by atoms with E-state index in [1.54, 1.807) is 6.20 Å². The van der Waals surface area contributed by atoms with Crippen LogP contribution in [0.2, 0.25) is 0 Å². The van der Waals surface area contributed by atoms with Crippen LogP contribution >= 0.6 is 0 Å². The number of hydrogen-bond donors (Lipinski definition) is 2. The molecule has 1 amide bonds. The number of imidazole rings is 1. The average molecular weight is 300 g/mol. The van der Waals surface area contributed by atoms with Crippen molar-refractivity contribution in [3.63, 3.8) is 0 Å². The Balaban J connectivity index is 1.88. The summed E-state index contributed by atoms with van der Waals surface area (Å²) in [5.41, 5.74) is 7.03. The second-order valence-corrected chi connectivity index (χ2v) is 5.64. The van der Waals surface area contributed by atoms with Crippen molar-refractivity contribution in [2.75, 3.05) is 0 Å². The fourth-order valence-electron chi connectivity index (χ4n) is 2.17. The van der Waals surface area contributed by atoms with E-state index in [2.05, 4.69) is 27.0 Å². The first-order valence-electron chi connectivity index (χ1n) is 7.65. The van der Waals surface area contributed by atoms with Crippen LogP contribution in [0.4, 0.5) is 0 Å². The number of amides is 1. The standard InChI is InChI=1S/C17H24N4O/c1-13(14(2)18)17(22)20-12-16-19-9-11-21(16)10-8-15-6-4-3-5-7-15/h3-7,9,11,13-14H,8,10,12,18H2,1-2H3,(H,20,22). The van der Waals surface area contributed by atoms with Crippen LogP contribution < -0.4 is 11.1 Å². The van der Waals surface area contributed by atoms with E-state index in [0.717, 1.165) is 18.8 Å². The highest BCUT2D eigenvalue weighted by molar-refractivity contribution is 5.78. The predicted octanol–water partition coefficient (Wildman–Crippen LogP) is 1.73. The molecule has 0 aliphatic heterocycles. The zero-order chi connectivity index (χ0) is 15.9. The summed E-state index contributed by atoms with van der Waals surface area (Å²) in [6.45, 7) is 4.95. The smallest absolute Gasteiger partial charge is 0.224 e. The molecular formula is C17H24N4O. The molecule has 0 saturated heterocycles. The number of benzene rings is 1. The van der Waals surface area contributed by atoms with Gasteiger partial charge in [0, 0.05) is 30.9 Å². The zero-order valence-corrected chi connectivity index (χ0v) is 13.2. The van der Waals surface area contributed by atoms with Gasteiger partial charge < -0.3 is 15.6 Å². The number of nitrogens with two attached hydrogens (primary N) is 1. The second kappa shape index (κ2) is 7.75. The van der Waals surface area contributed by atoms with E-state index in [-0.39, 0.29) is 17.9 Å². The number of rotatable bonds is 7. The van der Waals surface area contributed by atoms with E-state index in [4.69, 9.17) is 5.73 Å². The fraction of sp³-hybridized carbons (Fsp3) is 0.412. The summed E-state index contributed by atoms with van der Waals surface area (Å²) in [5, 5.41) is 2.90. The van der Waals surface area contributed by atoms with Gasteiger partial charge in [-0.05, 0) is 18.9 Å². The van der Waals surface area contributed by atoms with Gasteiger partial charge in [-0.15, -0.1) is 0 Å². The minimum Gasteiger partial charge on any atom is -0.349 e. The molecule has 0 radical (unpaired) electrons. The summed E-state index contributed by atoms with van der Waals surface area (Å²) in [7, 11) is 0. The Hall–Kier alpha value is -2.14. The minimum absolute atomic E-state index is 0.0346. The lowest BCUT2D eigenvalue weighted by Crippen LogP contribution is -2.38. The third-order valence-electron chi connectivity index (χ3n) is 3.91. The Kier molecular flexibility index (Phi) is 5.72. The molecule has 2 atom stereocenters. The van der Waals surface area contributed by atoms with Gasteiger partial charge in [0.1, 0.15) is 5.82 Å². The molecule has 0 aliphatic carbocycles. The maximum Gasteiger partial charge on any atom is 0.224 e. The number of aryl methyl sites for hydroxylation is 2. The molecule has 2 rings (SSSR count). The Morgan fingerprint density at radius 3 is 2.73 bits per heavy atom. The molecule has 0 bridgehead atoms. The topological polar surface area (TPSA) is 72.9 Å². The third kappa shape index (κ3) is 4.43. The highest BCUT2D eigenvalue weighted by Gasteiger charge is 2.17. The molecule has 22 heavy (non-hydrogen) atoms. The van der Waals surface area contributed by atoms with Gasteiger partial charge in [0.2, 0.25) is 5.91 Å². The number of nitrogens with one attached hydrogen (secondary N) is 1. The molecule has 0 saturated carbocycles. The summed E-state index contributed by atoms with van der Waals surface area (Å²) < 4.78 is 2.07. The summed E-state index contributed by atoms with van der Waals surface area (Å²) in [4.78, 5) is 16.3. The van der Waals surface area contributed by atoms with Crippen LogP contribution in [0.15, 0.2) is 42.7 Å². The highest BCUT2D eigenvalue weighted by Crippen LogP contribution is 2.05. The minimum atomic E-state index is -0.201. The van der Waals surface area contributed by atoms with Crippen molar-refractivity contribution in [3.05, 3.63) is 54.1 Å². The van der Waals surface area contributed by atoms with Gasteiger partial charge in [0.15, 0.2) is 0 Å². The number of hydrogen-bond acceptors (Lipinski definition) is 3. The predicted molar refractivity (Wildman–Crippen MR) is 87.0 cm³/mol. The second-order valence-electron chi connectivity index (χ2n) is 5.64. The number of nitrogens with zero attached hydrogens (tertiary/aromatic N) is 2. The SMILES string of the molecule is CC(N)C(C)C(=O)NCc1nccn1CCc1ccccc1. The zero-order valence-electron chi connectivity index (χ0n) is 13.2. The van der Waals surface area contributed by atoms with E-state index in [9.17, 15) is 4.79 Å². The molecule has 0 fully saturated rings. The maximum absolute atomic E-state index is 11.9. The van der Waals surface area contributed by atoms with Crippen molar-refractivity contribution >= 4 is 5.91 Å². The van der Waals surface area contributed by atoms with Gasteiger partial charge in [-0.1, -0.05) is 37.3 Å². The number of carbonyl (C=O) groups excluding carboxylic acids is 1. The molecule has 5 nitrogen and oxygen atoms in total. The van der Waals surface area contributed by atoms with Gasteiger partial charge in [0.25, 0.3) is 0 Å². The van der Waals surface area contributed by atoms with Crippen molar-refractivity contribution in [1.29, 1.82) is 0 Å². The lowest BCUT2D eigenvalue weighted by atomic mass is 10.0. The molecule has 2 aromatic rings. The molecule has 2 unspecified atom stereocenters. The van der Waals surface area contributed by atoms with Gasteiger partial charge in [0.05, 0.1) is 6.54 Å². The Labute approximate surface area is 131 Å². The van der Waals surface area contributed by atoms with Crippen molar-refractivity contribution in [3.8, 4) is 0 Å². The van der Waals surface area contributed by atoms with E-state index in [1.807, 2.05) is 38.2 Å². The quantitative estimate of drug-likeness (QED) is 0.818. The van der Waals surface area contributed by atoms with Gasteiger partial charge in [-0.25, -0.2) is 4.98 Å². The fourth-order valence-corrected chi connectivity index (χ4v) is 2.17. The van der Waals surface area contributed by atoms with Gasteiger partial charge >= 0.3 is 0 Å². The highest BCUT2D eigenvalue weighted by atomic mass is 16.1. The summed E-state index contributed by atoms with van der Waals surface area (Å²) in [6, 6.07) is 10.2. The van der Waals surface area contributed by atoms with Crippen molar-refractivity contribution in [1.82, 2.24) is 14.9 Å². The van der Waals surface area contributed by atoms with Crippen LogP contribution in [0.5, 0.6) is 0 Å². The van der Waals surface area contributed by atoms with Crippen LogP contribution in [0, 0.1) is 5.92 Å². The maximum atomic E-state index is 11.9. The third-order valence-corrected chi connectivity index (χ3v) is 3.91. The molecule has 1 aromatic heterocycles. The summed E-state index contributed by atoms with van der Waals surface area (Å²) in [5.74, 6) is 0.626. The van der Waals surface area contributed by atoms with Crippen molar-refractivity contribution < 1.29 is 4.79 Å². The molecular weight excluding hydrogens is 276 g/mol. The van der Waals surface area contributed by atoms with E-state index in [0.29, 0.717) is 6.54 Å². The Bertz CT molecular complexity index is 592. The van der Waals surface area contributed by atoms with Gasteiger partial charge in [-0.3, -0.25) is 4.79 Å². The van der Waals surface area contributed by atoms with E-state index in [1.165, 1.54) is 5.56 Å². The number of aromatic nitrogens is 2. The van der Waals surface area contributed by atoms with Crippen LogP contribution in [0.3, 0.4) is 0 Å². The molecule has 3 N–H and O–H groups in total. The van der Waals surface area contributed by atoms with E-state index >= 15 is 0 Å². The van der Waals surface area contributed by atoms with Crippen LogP contribution in [0.1, 0.15) is 25.2 Å². The average Bonchev–Trinajstić information content (AvgIpc) is 2.98. The first-order valence-corrected chi connectivity index (χ1v) is 7.65. The first-order chi connectivity index (χ1) is 10.6. The summed E-state index contributed by atoms with van der Waals surface area (Å²) >= 11 is 0. The molecule has 5 heteroatoms. The van der Waals surface area contributed by atoms with E-state index < -0.39 is 0 Å². The lowest BCUT2D eigenvalue weighted by molar-refractivity contribution is -0.125. The first kappa shape index (κ1) is 16.2. The normalized spacial score (nSPS) is 13.6. The molecule has 118 valence electrons. The molecule has 0 aliphatic rings. The van der Waals surface area contributed by atoms with Crippen molar-refractivity contribution in [2.24, 2.45) is 11.7 Å². The largest absolute Gasteiger partial charge is 0.349 e. The molecule has 1 heterocycles. The number of carbonyl (C=O) groups is 1. The van der Waals surface area contributed by atoms with Crippen LogP contribution in [-0.2, 0) is 24.3 Å². The Morgan fingerprint density at radius 1 is 1.32 bits per heavy atom. The lowest BCUT2D eigenvalue weighted by Gasteiger charge is -2.15. The van der Waals surface area contributed by atoms with Crippen molar-refractivity contribution in [2.45, 2.75) is 39.4 Å². The molecule has 0 spiro atoms. The van der Waals surface area contributed by atoms with Gasteiger partial charge in [-0.2, -0.15) is 0 Å². The van der Waals surface area contributed by atoms with Crippen LogP contribution in [0.25, 0.3) is 0 Å². The monoisotopic (exact) mass is 300 g/mol. The van der Waals surface area contributed by atoms with Crippen LogP contribution in [-0.4, -0.2) is 21.5 Å². The summed E-state index contributed by atoms with van der Waals surface area (Å²) in [6.07, 6.45) is 4.65.